The quantitative estimate of drug-likeness (QED) is 0.858. The summed E-state index contributed by atoms with van der Waals surface area (Å²) in [4.78, 5) is 12.2. The Hall–Kier alpha value is -1.30. The highest BCUT2D eigenvalue weighted by atomic mass is 32.2. The molecule has 2 unspecified atom stereocenters. The van der Waals surface area contributed by atoms with Crippen LogP contribution in [0.2, 0.25) is 0 Å². The van der Waals surface area contributed by atoms with Crippen molar-refractivity contribution in [3.63, 3.8) is 0 Å². The second kappa shape index (κ2) is 6.22. The van der Waals surface area contributed by atoms with E-state index in [0.29, 0.717) is 31.2 Å². The standard InChI is InChI=1S/C15H18F2O3S/c1-21(19,20)12-4-2-3-11(9-12)15(18)8-10-5-6-13(16)14(17)7-10/h5-7,11-12H,2-4,8-9H2,1H3. The molecule has 0 aliphatic heterocycles. The lowest BCUT2D eigenvalue weighted by atomic mass is 9.84. The Morgan fingerprint density at radius 3 is 2.57 bits per heavy atom. The van der Waals surface area contributed by atoms with E-state index in [1.165, 1.54) is 12.3 Å². The lowest BCUT2D eigenvalue weighted by Crippen LogP contribution is -2.31. The van der Waals surface area contributed by atoms with Gasteiger partial charge in [-0.25, -0.2) is 17.2 Å². The number of hydrogen-bond acceptors (Lipinski definition) is 3. The summed E-state index contributed by atoms with van der Waals surface area (Å²) in [7, 11) is -3.14. The number of carbonyl (C=O) groups is 1. The van der Waals surface area contributed by atoms with Crippen LogP contribution in [0.3, 0.4) is 0 Å². The van der Waals surface area contributed by atoms with Crippen LogP contribution in [0.15, 0.2) is 18.2 Å². The SMILES string of the molecule is CS(=O)(=O)C1CCCC(C(=O)Cc2ccc(F)c(F)c2)C1. The Kier molecular flexibility index (Phi) is 4.76. The maximum atomic E-state index is 13.1. The molecule has 0 heterocycles. The van der Waals surface area contributed by atoms with E-state index in [2.05, 4.69) is 0 Å². The molecule has 1 saturated carbocycles. The van der Waals surface area contributed by atoms with Gasteiger partial charge in [-0.3, -0.25) is 4.79 Å². The van der Waals surface area contributed by atoms with Crippen LogP contribution >= 0.6 is 0 Å². The van der Waals surface area contributed by atoms with Crippen LogP contribution in [0.25, 0.3) is 0 Å². The maximum Gasteiger partial charge on any atom is 0.159 e. The first kappa shape index (κ1) is 16.1. The van der Waals surface area contributed by atoms with E-state index in [1.807, 2.05) is 0 Å². The zero-order valence-corrected chi connectivity index (χ0v) is 12.6. The third kappa shape index (κ3) is 4.09. The Labute approximate surface area is 123 Å². The number of carbonyl (C=O) groups excluding carboxylic acids is 1. The number of ketones is 1. The Bertz CT molecular complexity index is 640. The van der Waals surface area contributed by atoms with Gasteiger partial charge in [0.2, 0.25) is 0 Å². The van der Waals surface area contributed by atoms with Crippen molar-refractivity contribution in [1.29, 1.82) is 0 Å². The molecule has 1 aliphatic rings. The average Bonchev–Trinajstić information content (AvgIpc) is 2.42. The van der Waals surface area contributed by atoms with Gasteiger partial charge in [0.05, 0.1) is 5.25 Å². The van der Waals surface area contributed by atoms with Crippen molar-refractivity contribution in [3.8, 4) is 0 Å². The number of benzene rings is 1. The molecule has 0 aromatic heterocycles. The minimum Gasteiger partial charge on any atom is -0.299 e. The van der Waals surface area contributed by atoms with Crippen molar-refractivity contribution in [2.75, 3.05) is 6.26 Å². The van der Waals surface area contributed by atoms with Gasteiger partial charge in [-0.05, 0) is 37.0 Å². The van der Waals surface area contributed by atoms with Gasteiger partial charge >= 0.3 is 0 Å². The second-order valence-electron chi connectivity index (χ2n) is 5.71. The van der Waals surface area contributed by atoms with E-state index in [4.69, 9.17) is 0 Å². The first-order valence-electron chi connectivity index (χ1n) is 6.93. The van der Waals surface area contributed by atoms with Crippen LogP contribution in [0.4, 0.5) is 8.78 Å². The minimum atomic E-state index is -3.14. The summed E-state index contributed by atoms with van der Waals surface area (Å²) in [6.45, 7) is 0. The van der Waals surface area contributed by atoms with Crippen LogP contribution in [0, 0.1) is 17.6 Å². The first-order chi connectivity index (χ1) is 9.77. The molecule has 0 radical (unpaired) electrons. The number of rotatable bonds is 4. The van der Waals surface area contributed by atoms with Crippen molar-refractivity contribution in [1.82, 2.24) is 0 Å². The van der Waals surface area contributed by atoms with Crippen LogP contribution in [0.1, 0.15) is 31.2 Å². The lowest BCUT2D eigenvalue weighted by molar-refractivity contribution is -0.123. The van der Waals surface area contributed by atoms with Gasteiger partial charge in [0.15, 0.2) is 11.6 Å². The molecule has 0 spiro atoms. The summed E-state index contributed by atoms with van der Waals surface area (Å²) in [5, 5.41) is -0.467. The molecule has 1 aromatic carbocycles. The van der Waals surface area contributed by atoms with E-state index in [1.54, 1.807) is 0 Å². The number of hydrogen-bond donors (Lipinski definition) is 0. The predicted octanol–water partition coefficient (Wildman–Crippen LogP) is 2.68. The molecule has 2 rings (SSSR count). The summed E-state index contributed by atoms with van der Waals surface area (Å²) in [5.74, 6) is -2.33. The Balaban J connectivity index is 2.04. The predicted molar refractivity (Wildman–Crippen MR) is 75.7 cm³/mol. The zero-order chi connectivity index (χ0) is 15.6. The highest BCUT2D eigenvalue weighted by Crippen LogP contribution is 2.30. The van der Waals surface area contributed by atoms with Crippen molar-refractivity contribution in [2.45, 2.75) is 37.4 Å². The average molecular weight is 316 g/mol. The molecule has 1 aromatic rings. The van der Waals surface area contributed by atoms with Crippen molar-refractivity contribution in [2.24, 2.45) is 5.92 Å². The van der Waals surface area contributed by atoms with Crippen LogP contribution in [-0.4, -0.2) is 25.7 Å². The number of sulfone groups is 1. The van der Waals surface area contributed by atoms with E-state index >= 15 is 0 Å². The van der Waals surface area contributed by atoms with Gasteiger partial charge in [0, 0.05) is 18.6 Å². The molecule has 0 N–H and O–H groups in total. The molecular weight excluding hydrogens is 298 g/mol. The smallest absolute Gasteiger partial charge is 0.159 e. The molecule has 3 nitrogen and oxygen atoms in total. The van der Waals surface area contributed by atoms with Crippen LogP contribution < -0.4 is 0 Å². The first-order valence-corrected chi connectivity index (χ1v) is 8.88. The zero-order valence-electron chi connectivity index (χ0n) is 11.8. The van der Waals surface area contributed by atoms with E-state index in [9.17, 15) is 22.0 Å². The summed E-state index contributed by atoms with van der Waals surface area (Å²) >= 11 is 0. The van der Waals surface area contributed by atoms with Gasteiger partial charge in [-0.15, -0.1) is 0 Å². The number of Topliss-reactive ketones (excluding diaryl/α,β-unsaturated/α-hetero) is 1. The second-order valence-corrected chi connectivity index (χ2v) is 8.03. The molecular formula is C15H18F2O3S. The van der Waals surface area contributed by atoms with Gasteiger partial charge in [0.1, 0.15) is 15.6 Å². The molecule has 2 atom stereocenters. The maximum absolute atomic E-state index is 13.1. The fourth-order valence-electron chi connectivity index (χ4n) is 2.82. The van der Waals surface area contributed by atoms with Crippen molar-refractivity contribution < 1.29 is 22.0 Å². The van der Waals surface area contributed by atoms with Crippen molar-refractivity contribution >= 4 is 15.6 Å². The van der Waals surface area contributed by atoms with Gasteiger partial charge in [0.25, 0.3) is 0 Å². The normalized spacial score (nSPS) is 23.0. The largest absolute Gasteiger partial charge is 0.299 e. The van der Waals surface area contributed by atoms with Gasteiger partial charge in [-0.1, -0.05) is 12.5 Å². The van der Waals surface area contributed by atoms with E-state index in [-0.39, 0.29) is 18.1 Å². The fraction of sp³-hybridized carbons (Fsp3) is 0.533. The third-order valence-corrected chi connectivity index (χ3v) is 5.69. The molecule has 0 saturated heterocycles. The van der Waals surface area contributed by atoms with Crippen molar-refractivity contribution in [3.05, 3.63) is 35.4 Å². The molecule has 6 heteroatoms. The highest BCUT2D eigenvalue weighted by molar-refractivity contribution is 7.91. The third-order valence-electron chi connectivity index (χ3n) is 4.05. The lowest BCUT2D eigenvalue weighted by Gasteiger charge is -2.27. The summed E-state index contributed by atoms with van der Waals surface area (Å²) in [6.07, 6.45) is 3.49. The molecule has 1 fully saturated rings. The summed E-state index contributed by atoms with van der Waals surface area (Å²) < 4.78 is 49.2. The molecule has 116 valence electrons. The van der Waals surface area contributed by atoms with Crippen LogP contribution in [-0.2, 0) is 21.1 Å². The van der Waals surface area contributed by atoms with Gasteiger partial charge in [-0.2, -0.15) is 0 Å². The van der Waals surface area contributed by atoms with E-state index in [0.717, 1.165) is 12.1 Å². The van der Waals surface area contributed by atoms with E-state index < -0.39 is 26.7 Å². The molecule has 1 aliphatic carbocycles. The molecule has 0 amide bonds. The number of halogens is 2. The fourth-order valence-corrected chi connectivity index (χ4v) is 4.00. The van der Waals surface area contributed by atoms with Gasteiger partial charge < -0.3 is 0 Å². The minimum absolute atomic E-state index is 0.0123. The molecule has 21 heavy (non-hydrogen) atoms. The highest BCUT2D eigenvalue weighted by Gasteiger charge is 2.32. The summed E-state index contributed by atoms with van der Waals surface area (Å²) in [6, 6.07) is 3.40. The topological polar surface area (TPSA) is 51.2 Å². The molecule has 0 bridgehead atoms. The van der Waals surface area contributed by atoms with Crippen LogP contribution in [0.5, 0.6) is 0 Å². The Morgan fingerprint density at radius 2 is 1.95 bits per heavy atom. The monoisotopic (exact) mass is 316 g/mol. The Morgan fingerprint density at radius 1 is 1.24 bits per heavy atom. The summed E-state index contributed by atoms with van der Waals surface area (Å²) in [5.41, 5.74) is 0.417.